The van der Waals surface area contributed by atoms with E-state index in [0.717, 1.165) is 28.4 Å². The number of carbonyl (C=O) groups is 1. The zero-order valence-electron chi connectivity index (χ0n) is 14.5. The summed E-state index contributed by atoms with van der Waals surface area (Å²) in [4.78, 5) is 12.2. The van der Waals surface area contributed by atoms with E-state index in [0.29, 0.717) is 11.4 Å². The molecule has 1 N–H and O–H groups in total. The van der Waals surface area contributed by atoms with Crippen LogP contribution < -0.4 is 10.1 Å². The number of para-hydroxylation sites is 1. The van der Waals surface area contributed by atoms with Crippen molar-refractivity contribution in [2.75, 3.05) is 11.9 Å². The molecule has 26 heavy (non-hydrogen) atoms. The molecule has 4 rings (SSSR count). The fourth-order valence-electron chi connectivity index (χ4n) is 2.97. The van der Waals surface area contributed by atoms with Crippen molar-refractivity contribution < 1.29 is 13.9 Å². The Labute approximate surface area is 151 Å². The zero-order valence-corrected chi connectivity index (χ0v) is 14.5. The van der Waals surface area contributed by atoms with Gasteiger partial charge in [-0.25, -0.2) is 0 Å². The van der Waals surface area contributed by atoms with Gasteiger partial charge in [-0.05, 0) is 42.3 Å². The molecule has 0 spiro atoms. The van der Waals surface area contributed by atoms with Crippen LogP contribution in [0.1, 0.15) is 12.5 Å². The van der Waals surface area contributed by atoms with Crippen molar-refractivity contribution in [3.63, 3.8) is 0 Å². The number of furan rings is 1. The molecule has 0 aliphatic rings. The lowest BCUT2D eigenvalue weighted by Gasteiger charge is -2.08. The van der Waals surface area contributed by atoms with Gasteiger partial charge in [0, 0.05) is 22.5 Å². The number of ether oxygens (including phenoxy) is 1. The van der Waals surface area contributed by atoms with E-state index >= 15 is 0 Å². The van der Waals surface area contributed by atoms with Crippen molar-refractivity contribution in [2.24, 2.45) is 0 Å². The van der Waals surface area contributed by atoms with Crippen LogP contribution in [0.15, 0.2) is 71.1 Å². The van der Waals surface area contributed by atoms with Gasteiger partial charge in [0.15, 0.2) is 6.61 Å². The Balaban J connectivity index is 1.44. The Kier molecular flexibility index (Phi) is 4.32. The zero-order chi connectivity index (χ0) is 17.9. The van der Waals surface area contributed by atoms with Gasteiger partial charge in [-0.2, -0.15) is 0 Å². The molecule has 1 aromatic heterocycles. The molecule has 3 aromatic carbocycles. The molecule has 0 saturated carbocycles. The minimum atomic E-state index is -0.208. The third kappa shape index (κ3) is 3.26. The summed E-state index contributed by atoms with van der Waals surface area (Å²) in [6, 6.07) is 21.3. The molecule has 4 aromatic rings. The lowest BCUT2D eigenvalue weighted by Crippen LogP contribution is -2.20. The van der Waals surface area contributed by atoms with Crippen molar-refractivity contribution in [1.29, 1.82) is 0 Å². The van der Waals surface area contributed by atoms with Crippen LogP contribution in [0, 0.1) is 0 Å². The number of hydrogen-bond acceptors (Lipinski definition) is 3. The number of benzene rings is 3. The minimum Gasteiger partial charge on any atom is -0.484 e. The first-order valence-electron chi connectivity index (χ1n) is 8.66. The summed E-state index contributed by atoms with van der Waals surface area (Å²) >= 11 is 0. The van der Waals surface area contributed by atoms with Crippen LogP contribution in [0.25, 0.3) is 21.9 Å². The van der Waals surface area contributed by atoms with Gasteiger partial charge in [0.25, 0.3) is 5.91 Å². The highest BCUT2D eigenvalue weighted by atomic mass is 16.5. The molecule has 0 saturated heterocycles. The molecule has 0 aliphatic carbocycles. The van der Waals surface area contributed by atoms with E-state index < -0.39 is 0 Å². The Bertz CT molecular complexity index is 1060. The summed E-state index contributed by atoms with van der Waals surface area (Å²) in [6.45, 7) is 2.06. The lowest BCUT2D eigenvalue weighted by molar-refractivity contribution is -0.118. The molecule has 1 amide bonds. The number of anilines is 1. The normalized spacial score (nSPS) is 11.0. The van der Waals surface area contributed by atoms with Gasteiger partial charge in [0.2, 0.25) is 0 Å². The Hall–Kier alpha value is -3.27. The molecule has 0 aliphatic heterocycles. The summed E-state index contributed by atoms with van der Waals surface area (Å²) in [5.74, 6) is 0.477. The molecule has 130 valence electrons. The molecule has 0 fully saturated rings. The number of aryl methyl sites for hydroxylation is 1. The molecule has 4 nitrogen and oxygen atoms in total. The second kappa shape index (κ2) is 6.92. The lowest BCUT2D eigenvalue weighted by atomic mass is 10.1. The SMILES string of the molecule is CCc1ccc(OCC(=O)Nc2ccc3c(c2)oc2ccccc23)cc1. The number of carbonyl (C=O) groups excluding carboxylic acids is 1. The van der Waals surface area contributed by atoms with Gasteiger partial charge in [-0.15, -0.1) is 0 Å². The van der Waals surface area contributed by atoms with Crippen LogP contribution in [0.4, 0.5) is 5.69 Å². The van der Waals surface area contributed by atoms with Crippen LogP contribution in [0.3, 0.4) is 0 Å². The van der Waals surface area contributed by atoms with E-state index in [9.17, 15) is 4.79 Å². The maximum Gasteiger partial charge on any atom is 0.262 e. The number of amides is 1. The van der Waals surface area contributed by atoms with Crippen molar-refractivity contribution in [2.45, 2.75) is 13.3 Å². The van der Waals surface area contributed by atoms with Crippen LogP contribution in [-0.2, 0) is 11.2 Å². The average Bonchev–Trinajstić information content (AvgIpc) is 3.04. The summed E-state index contributed by atoms with van der Waals surface area (Å²) in [6.07, 6.45) is 0.977. The Morgan fingerprint density at radius 3 is 2.54 bits per heavy atom. The predicted octanol–water partition coefficient (Wildman–Crippen LogP) is 5.17. The van der Waals surface area contributed by atoms with Gasteiger partial charge in [-0.1, -0.05) is 37.3 Å². The monoisotopic (exact) mass is 345 g/mol. The van der Waals surface area contributed by atoms with E-state index in [1.807, 2.05) is 66.7 Å². The molecule has 0 bridgehead atoms. The van der Waals surface area contributed by atoms with Gasteiger partial charge >= 0.3 is 0 Å². The second-order valence-corrected chi connectivity index (χ2v) is 6.14. The highest BCUT2D eigenvalue weighted by Crippen LogP contribution is 2.30. The summed E-state index contributed by atoms with van der Waals surface area (Å²) < 4.78 is 11.4. The summed E-state index contributed by atoms with van der Waals surface area (Å²) in [5.41, 5.74) is 3.51. The molecule has 0 radical (unpaired) electrons. The predicted molar refractivity (Wildman–Crippen MR) is 104 cm³/mol. The largest absolute Gasteiger partial charge is 0.484 e. The third-order valence-corrected chi connectivity index (χ3v) is 4.36. The Morgan fingerprint density at radius 2 is 1.73 bits per heavy atom. The number of fused-ring (bicyclic) bond motifs is 3. The third-order valence-electron chi connectivity index (χ3n) is 4.36. The molecular weight excluding hydrogens is 326 g/mol. The first kappa shape index (κ1) is 16.2. The van der Waals surface area contributed by atoms with Gasteiger partial charge in [0.1, 0.15) is 16.9 Å². The maximum absolute atomic E-state index is 12.2. The molecular formula is C22H19NO3. The average molecular weight is 345 g/mol. The standard InChI is InChI=1S/C22H19NO3/c1-2-15-7-10-17(11-8-15)25-14-22(24)23-16-9-12-19-18-5-3-4-6-20(18)26-21(19)13-16/h3-13H,2,14H2,1H3,(H,23,24). The molecule has 4 heteroatoms. The first-order chi connectivity index (χ1) is 12.7. The van der Waals surface area contributed by atoms with Gasteiger partial charge in [-0.3, -0.25) is 4.79 Å². The second-order valence-electron chi connectivity index (χ2n) is 6.14. The highest BCUT2D eigenvalue weighted by molar-refractivity contribution is 6.06. The van der Waals surface area contributed by atoms with Crippen molar-refractivity contribution in [1.82, 2.24) is 0 Å². The summed E-state index contributed by atoms with van der Waals surface area (Å²) in [7, 11) is 0. The molecule has 0 atom stereocenters. The van der Waals surface area contributed by atoms with Crippen LogP contribution in [0.5, 0.6) is 5.75 Å². The topological polar surface area (TPSA) is 51.5 Å². The van der Waals surface area contributed by atoms with E-state index in [2.05, 4.69) is 12.2 Å². The summed E-state index contributed by atoms with van der Waals surface area (Å²) in [5, 5.41) is 4.95. The molecule has 1 heterocycles. The number of hydrogen-bond donors (Lipinski definition) is 1. The van der Waals surface area contributed by atoms with Gasteiger partial charge < -0.3 is 14.5 Å². The maximum atomic E-state index is 12.2. The Morgan fingerprint density at radius 1 is 0.962 bits per heavy atom. The first-order valence-corrected chi connectivity index (χ1v) is 8.66. The van der Waals surface area contributed by atoms with Crippen LogP contribution in [-0.4, -0.2) is 12.5 Å². The van der Waals surface area contributed by atoms with E-state index in [1.54, 1.807) is 0 Å². The van der Waals surface area contributed by atoms with Gasteiger partial charge in [0.05, 0.1) is 0 Å². The fraction of sp³-hybridized carbons (Fsp3) is 0.136. The van der Waals surface area contributed by atoms with Crippen molar-refractivity contribution in [3.05, 3.63) is 72.3 Å². The van der Waals surface area contributed by atoms with E-state index in [1.165, 1.54) is 5.56 Å². The molecule has 0 unspecified atom stereocenters. The number of nitrogens with one attached hydrogen (secondary N) is 1. The van der Waals surface area contributed by atoms with E-state index in [-0.39, 0.29) is 12.5 Å². The van der Waals surface area contributed by atoms with Crippen LogP contribution >= 0.6 is 0 Å². The van der Waals surface area contributed by atoms with E-state index in [4.69, 9.17) is 9.15 Å². The van der Waals surface area contributed by atoms with Crippen molar-refractivity contribution >= 4 is 33.5 Å². The highest BCUT2D eigenvalue weighted by Gasteiger charge is 2.09. The number of rotatable bonds is 5. The smallest absolute Gasteiger partial charge is 0.262 e. The fourth-order valence-corrected chi connectivity index (χ4v) is 2.97. The van der Waals surface area contributed by atoms with Crippen molar-refractivity contribution in [3.8, 4) is 5.75 Å². The van der Waals surface area contributed by atoms with Crippen LogP contribution in [0.2, 0.25) is 0 Å². The quantitative estimate of drug-likeness (QED) is 0.543. The minimum absolute atomic E-state index is 0.0381.